The van der Waals surface area contributed by atoms with Gasteiger partial charge in [0.25, 0.3) is 5.91 Å². The Labute approximate surface area is 173 Å². The van der Waals surface area contributed by atoms with Crippen LogP contribution in [-0.4, -0.2) is 72.6 Å². The Kier molecular flexibility index (Phi) is 6.33. The van der Waals surface area contributed by atoms with E-state index in [9.17, 15) is 18.0 Å². The monoisotopic (exact) mass is 421 g/mol. The molecule has 8 heteroatoms. The summed E-state index contributed by atoms with van der Waals surface area (Å²) in [6.07, 6.45) is 2.06. The fraction of sp³-hybridized carbons (Fsp3) is 0.619. The van der Waals surface area contributed by atoms with Gasteiger partial charge in [-0.1, -0.05) is 13.8 Å². The second kappa shape index (κ2) is 8.44. The standard InChI is InChI=1S/C21H31N3O4S/c1-15(2)16(3)24(19-7-8-19)21(26)18-5-9-20(10-6-18)29(27,28)23-13-11-22(12-14-23)17(4)25/h5-6,9-10,15-16,19H,7-8,11-14H2,1-4H3. The minimum atomic E-state index is -3.64. The van der Waals surface area contributed by atoms with Crippen molar-refractivity contribution in [3.05, 3.63) is 29.8 Å². The van der Waals surface area contributed by atoms with E-state index in [1.54, 1.807) is 17.0 Å². The van der Waals surface area contributed by atoms with Crippen molar-refractivity contribution in [2.45, 2.75) is 57.5 Å². The van der Waals surface area contributed by atoms with Gasteiger partial charge in [-0.25, -0.2) is 8.42 Å². The fourth-order valence-corrected chi connectivity index (χ4v) is 5.09. The van der Waals surface area contributed by atoms with Gasteiger partial charge in [-0.3, -0.25) is 9.59 Å². The maximum absolute atomic E-state index is 13.1. The lowest BCUT2D eigenvalue weighted by atomic mass is 10.0. The van der Waals surface area contributed by atoms with E-state index in [-0.39, 0.29) is 35.8 Å². The Morgan fingerprint density at radius 1 is 1.00 bits per heavy atom. The number of carbonyl (C=O) groups excluding carboxylic acids is 2. The third-order valence-electron chi connectivity index (χ3n) is 6.00. The van der Waals surface area contributed by atoms with E-state index in [0.29, 0.717) is 30.6 Å². The predicted molar refractivity (Wildman–Crippen MR) is 111 cm³/mol. The second-order valence-electron chi connectivity index (χ2n) is 8.36. The maximum atomic E-state index is 13.1. The molecule has 0 N–H and O–H groups in total. The molecule has 0 spiro atoms. The summed E-state index contributed by atoms with van der Waals surface area (Å²) in [6, 6.07) is 6.69. The van der Waals surface area contributed by atoms with Crippen LogP contribution in [0.1, 0.15) is 50.9 Å². The SMILES string of the molecule is CC(=O)N1CCN(S(=O)(=O)c2ccc(C(=O)N(C3CC3)C(C)C(C)C)cc2)CC1. The first-order chi connectivity index (χ1) is 13.6. The quantitative estimate of drug-likeness (QED) is 0.705. The molecule has 0 bridgehead atoms. The molecule has 1 saturated carbocycles. The molecule has 2 fully saturated rings. The van der Waals surface area contributed by atoms with Crippen LogP contribution < -0.4 is 0 Å². The van der Waals surface area contributed by atoms with Gasteiger partial charge in [-0.15, -0.1) is 0 Å². The van der Waals surface area contributed by atoms with Crippen molar-refractivity contribution in [1.82, 2.24) is 14.1 Å². The summed E-state index contributed by atoms with van der Waals surface area (Å²) >= 11 is 0. The summed E-state index contributed by atoms with van der Waals surface area (Å²) in [4.78, 5) is 28.3. The van der Waals surface area contributed by atoms with Gasteiger partial charge in [0.15, 0.2) is 0 Å². The van der Waals surface area contributed by atoms with Crippen LogP contribution in [0.5, 0.6) is 0 Å². The molecule has 0 radical (unpaired) electrons. The summed E-state index contributed by atoms with van der Waals surface area (Å²) < 4.78 is 27.2. The van der Waals surface area contributed by atoms with Crippen molar-refractivity contribution in [1.29, 1.82) is 0 Å². The summed E-state index contributed by atoms with van der Waals surface area (Å²) in [5.41, 5.74) is 0.518. The highest BCUT2D eigenvalue weighted by atomic mass is 32.2. The van der Waals surface area contributed by atoms with Crippen LogP contribution in [0.2, 0.25) is 0 Å². The highest BCUT2D eigenvalue weighted by molar-refractivity contribution is 7.89. The Balaban J connectivity index is 1.74. The Morgan fingerprint density at radius 2 is 1.55 bits per heavy atom. The topological polar surface area (TPSA) is 78.0 Å². The Hall–Kier alpha value is -1.93. The van der Waals surface area contributed by atoms with E-state index in [2.05, 4.69) is 20.8 Å². The number of benzene rings is 1. The minimum absolute atomic E-state index is 0.0345. The molecule has 2 aliphatic rings. The molecular weight excluding hydrogens is 390 g/mol. The molecule has 0 aromatic heterocycles. The molecule has 1 aliphatic carbocycles. The van der Waals surface area contributed by atoms with Gasteiger partial charge in [-0.2, -0.15) is 4.31 Å². The van der Waals surface area contributed by atoms with Gasteiger partial charge in [0.1, 0.15) is 0 Å². The van der Waals surface area contributed by atoms with Crippen LogP contribution in [0.25, 0.3) is 0 Å². The van der Waals surface area contributed by atoms with Crippen molar-refractivity contribution in [3.8, 4) is 0 Å². The second-order valence-corrected chi connectivity index (χ2v) is 10.3. The third kappa shape index (κ3) is 4.64. The van der Waals surface area contributed by atoms with Crippen LogP contribution in [0, 0.1) is 5.92 Å². The number of hydrogen-bond donors (Lipinski definition) is 0. The first-order valence-corrected chi connectivity index (χ1v) is 11.8. The summed E-state index contributed by atoms with van der Waals surface area (Å²) in [5.74, 6) is 0.279. The van der Waals surface area contributed by atoms with Gasteiger partial charge in [-0.05, 0) is 49.9 Å². The highest BCUT2D eigenvalue weighted by Crippen LogP contribution is 2.32. The average molecular weight is 422 g/mol. The zero-order chi connectivity index (χ0) is 21.3. The van der Waals surface area contributed by atoms with Crippen LogP contribution >= 0.6 is 0 Å². The van der Waals surface area contributed by atoms with E-state index < -0.39 is 10.0 Å². The van der Waals surface area contributed by atoms with E-state index in [0.717, 1.165) is 12.8 Å². The molecule has 1 atom stereocenters. The lowest BCUT2D eigenvalue weighted by Crippen LogP contribution is -2.49. The number of piperazine rings is 1. The molecule has 7 nitrogen and oxygen atoms in total. The van der Waals surface area contributed by atoms with Gasteiger partial charge < -0.3 is 9.80 Å². The van der Waals surface area contributed by atoms with E-state index >= 15 is 0 Å². The van der Waals surface area contributed by atoms with Crippen LogP contribution in [0.3, 0.4) is 0 Å². The average Bonchev–Trinajstić information content (AvgIpc) is 3.53. The first kappa shape index (κ1) is 21.8. The zero-order valence-corrected chi connectivity index (χ0v) is 18.5. The molecule has 1 aliphatic heterocycles. The van der Waals surface area contributed by atoms with Gasteiger partial charge in [0, 0.05) is 50.7 Å². The molecule has 1 heterocycles. The Morgan fingerprint density at radius 3 is 2.00 bits per heavy atom. The smallest absolute Gasteiger partial charge is 0.254 e. The number of sulfonamides is 1. The van der Waals surface area contributed by atoms with Crippen LogP contribution in [-0.2, 0) is 14.8 Å². The molecule has 160 valence electrons. The molecular formula is C21H31N3O4S. The Bertz CT molecular complexity index is 854. The predicted octanol–water partition coefficient (Wildman–Crippen LogP) is 2.19. The van der Waals surface area contributed by atoms with E-state index in [1.165, 1.54) is 23.4 Å². The van der Waals surface area contributed by atoms with Crippen LogP contribution in [0.15, 0.2) is 29.2 Å². The molecule has 1 aromatic rings. The summed E-state index contributed by atoms with van der Waals surface area (Å²) in [5, 5.41) is 0. The van der Waals surface area contributed by atoms with Crippen molar-refractivity contribution >= 4 is 21.8 Å². The largest absolute Gasteiger partial charge is 0.340 e. The van der Waals surface area contributed by atoms with Gasteiger partial charge in [0.05, 0.1) is 4.90 Å². The van der Waals surface area contributed by atoms with Gasteiger partial charge in [0.2, 0.25) is 15.9 Å². The van der Waals surface area contributed by atoms with Crippen molar-refractivity contribution < 1.29 is 18.0 Å². The van der Waals surface area contributed by atoms with E-state index in [4.69, 9.17) is 0 Å². The molecule has 1 saturated heterocycles. The number of carbonyl (C=O) groups is 2. The highest BCUT2D eigenvalue weighted by Gasteiger charge is 2.37. The number of rotatable bonds is 6. The normalized spacial score (nSPS) is 19.3. The molecule has 3 rings (SSSR count). The van der Waals surface area contributed by atoms with Crippen LogP contribution in [0.4, 0.5) is 0 Å². The number of amides is 2. The first-order valence-electron chi connectivity index (χ1n) is 10.3. The molecule has 1 unspecified atom stereocenters. The van der Waals surface area contributed by atoms with Crippen molar-refractivity contribution in [3.63, 3.8) is 0 Å². The number of hydrogen-bond acceptors (Lipinski definition) is 4. The maximum Gasteiger partial charge on any atom is 0.254 e. The molecule has 29 heavy (non-hydrogen) atoms. The van der Waals surface area contributed by atoms with Crippen molar-refractivity contribution in [2.24, 2.45) is 5.92 Å². The van der Waals surface area contributed by atoms with E-state index in [1.807, 2.05) is 4.90 Å². The summed E-state index contributed by atoms with van der Waals surface area (Å²) in [6.45, 7) is 9.13. The zero-order valence-electron chi connectivity index (χ0n) is 17.7. The van der Waals surface area contributed by atoms with Gasteiger partial charge >= 0.3 is 0 Å². The summed E-state index contributed by atoms with van der Waals surface area (Å²) in [7, 11) is -3.64. The third-order valence-corrected chi connectivity index (χ3v) is 7.91. The molecule has 1 aromatic carbocycles. The number of nitrogens with zero attached hydrogens (tertiary/aromatic N) is 3. The minimum Gasteiger partial charge on any atom is -0.340 e. The lowest BCUT2D eigenvalue weighted by molar-refractivity contribution is -0.129. The fourth-order valence-electron chi connectivity index (χ4n) is 3.67. The lowest BCUT2D eigenvalue weighted by Gasteiger charge is -2.33. The van der Waals surface area contributed by atoms with Crippen molar-refractivity contribution in [2.75, 3.05) is 26.2 Å². The molecule has 2 amide bonds.